The molecule has 1 aliphatic rings. The highest BCUT2D eigenvalue weighted by Crippen LogP contribution is 2.28. The predicted molar refractivity (Wildman–Crippen MR) is 125 cm³/mol. The number of rotatable bonds is 6. The highest BCUT2D eigenvalue weighted by atomic mass is 16.6. The van der Waals surface area contributed by atoms with Crippen LogP contribution in [0.5, 0.6) is 11.8 Å². The minimum absolute atomic E-state index is 0.215. The van der Waals surface area contributed by atoms with E-state index in [1.165, 1.54) is 11.1 Å². The summed E-state index contributed by atoms with van der Waals surface area (Å²) < 4.78 is 13.8. The van der Waals surface area contributed by atoms with E-state index >= 15 is 0 Å². The molecule has 160 valence electrons. The van der Waals surface area contributed by atoms with Gasteiger partial charge in [0.15, 0.2) is 6.10 Å². The molecule has 5 heteroatoms. The van der Waals surface area contributed by atoms with Crippen molar-refractivity contribution in [3.8, 4) is 34.1 Å². The molecule has 32 heavy (non-hydrogen) atoms. The zero-order valence-electron chi connectivity index (χ0n) is 17.9. The van der Waals surface area contributed by atoms with Gasteiger partial charge in [0.1, 0.15) is 12.4 Å². The van der Waals surface area contributed by atoms with Crippen molar-refractivity contribution in [2.45, 2.75) is 26.0 Å². The molecule has 1 aromatic heterocycles. The molecule has 0 amide bonds. The van der Waals surface area contributed by atoms with Crippen LogP contribution in [0.2, 0.25) is 0 Å². The fourth-order valence-corrected chi connectivity index (χ4v) is 3.94. The Bertz CT molecular complexity index is 1260. The van der Waals surface area contributed by atoms with E-state index in [2.05, 4.69) is 48.3 Å². The topological polar surface area (TPSA) is 53.4 Å². The Balaban J connectivity index is 1.26. The summed E-state index contributed by atoms with van der Waals surface area (Å²) >= 11 is 0. The molecule has 1 unspecified atom stereocenters. The highest BCUT2D eigenvalue weighted by molar-refractivity contribution is 5.64. The van der Waals surface area contributed by atoms with Crippen LogP contribution in [-0.2, 0) is 13.0 Å². The second kappa shape index (κ2) is 8.71. The zero-order valence-corrected chi connectivity index (χ0v) is 17.9. The lowest BCUT2D eigenvalue weighted by atomic mass is 10.0. The molecule has 0 saturated heterocycles. The van der Waals surface area contributed by atoms with Crippen LogP contribution in [0.15, 0.2) is 89.7 Å². The molecule has 5 nitrogen and oxygen atoms in total. The summed E-state index contributed by atoms with van der Waals surface area (Å²) in [7, 11) is 0. The van der Waals surface area contributed by atoms with E-state index in [1.807, 2.05) is 47.0 Å². The van der Waals surface area contributed by atoms with E-state index in [9.17, 15) is 4.79 Å². The van der Waals surface area contributed by atoms with Crippen LogP contribution < -0.4 is 15.0 Å². The largest absolute Gasteiger partial charge is 0.490 e. The number of hydrogen-bond acceptors (Lipinski definition) is 4. The molecule has 3 aromatic carbocycles. The summed E-state index contributed by atoms with van der Waals surface area (Å²) in [6.07, 6.45) is 0.824. The summed E-state index contributed by atoms with van der Waals surface area (Å²) in [6.45, 7) is 3.11. The molecule has 1 aliphatic heterocycles. The number of aryl methyl sites for hydroxylation is 1. The fourth-order valence-electron chi connectivity index (χ4n) is 3.94. The van der Waals surface area contributed by atoms with Crippen LogP contribution in [0.25, 0.3) is 22.4 Å². The van der Waals surface area contributed by atoms with Gasteiger partial charge in [0.2, 0.25) is 0 Å². The first-order valence-electron chi connectivity index (χ1n) is 10.9. The maximum Gasteiger partial charge on any atom is 0.300 e. The zero-order chi connectivity index (χ0) is 21.9. The first kappa shape index (κ1) is 20.1. The summed E-state index contributed by atoms with van der Waals surface area (Å²) in [6, 6.07) is 28.4. The third-order valence-corrected chi connectivity index (χ3v) is 5.70. The fraction of sp³-hybridized carbons (Fsp3) is 0.185. The van der Waals surface area contributed by atoms with Gasteiger partial charge >= 0.3 is 6.01 Å². The van der Waals surface area contributed by atoms with E-state index in [4.69, 9.17) is 9.47 Å². The molecule has 0 radical (unpaired) electrons. The van der Waals surface area contributed by atoms with Gasteiger partial charge in [0.05, 0.1) is 12.2 Å². The Kier molecular flexibility index (Phi) is 5.46. The molecule has 0 aliphatic carbocycles. The lowest BCUT2D eigenvalue weighted by Gasteiger charge is -2.12. The van der Waals surface area contributed by atoms with Gasteiger partial charge in [-0.15, -0.1) is 0 Å². The molecule has 0 N–H and O–H groups in total. The number of hydrogen-bond donors (Lipinski definition) is 0. The number of nitrogens with zero attached hydrogens (tertiary/aromatic N) is 2. The number of benzene rings is 3. The van der Waals surface area contributed by atoms with Crippen molar-refractivity contribution in [1.82, 2.24) is 9.55 Å². The van der Waals surface area contributed by atoms with Crippen LogP contribution in [0, 0.1) is 0 Å². The van der Waals surface area contributed by atoms with Gasteiger partial charge in [-0.2, -0.15) is 4.98 Å². The van der Waals surface area contributed by atoms with Crippen molar-refractivity contribution in [2.24, 2.45) is 0 Å². The standard InChI is InChI=1S/C27H24N2O3/c1-2-19-8-10-20(11-9-19)21-12-14-23(15-13-21)31-18-24-17-29-25(22-6-4-3-5-7-22)16-26(30)28-27(29)32-24/h3-16,24H,2,17-18H2,1H3. The van der Waals surface area contributed by atoms with Crippen LogP contribution in [-0.4, -0.2) is 22.3 Å². The number of ether oxygens (including phenoxy) is 2. The average molecular weight is 425 g/mol. The van der Waals surface area contributed by atoms with E-state index in [-0.39, 0.29) is 11.7 Å². The summed E-state index contributed by atoms with van der Waals surface area (Å²) in [5.41, 5.74) is 5.13. The first-order chi connectivity index (χ1) is 15.7. The highest BCUT2D eigenvalue weighted by Gasteiger charge is 2.27. The third-order valence-electron chi connectivity index (χ3n) is 5.70. The molecule has 4 aromatic rings. The molecule has 0 fully saturated rings. The summed E-state index contributed by atoms with van der Waals surface area (Å²) in [4.78, 5) is 16.1. The Morgan fingerprint density at radius 1 is 0.938 bits per heavy atom. The lowest BCUT2D eigenvalue weighted by molar-refractivity contribution is 0.143. The molecular formula is C27H24N2O3. The molecule has 0 spiro atoms. The van der Waals surface area contributed by atoms with Crippen molar-refractivity contribution in [3.63, 3.8) is 0 Å². The second-order valence-corrected chi connectivity index (χ2v) is 7.86. The van der Waals surface area contributed by atoms with Gasteiger partial charge < -0.3 is 9.47 Å². The van der Waals surface area contributed by atoms with Crippen molar-refractivity contribution < 1.29 is 9.47 Å². The lowest BCUT2D eigenvalue weighted by Crippen LogP contribution is -2.23. The van der Waals surface area contributed by atoms with Gasteiger partial charge in [0, 0.05) is 6.07 Å². The number of aromatic nitrogens is 2. The monoisotopic (exact) mass is 424 g/mol. The predicted octanol–water partition coefficient (Wildman–Crippen LogP) is 4.98. The average Bonchev–Trinajstić information content (AvgIpc) is 3.26. The van der Waals surface area contributed by atoms with Crippen molar-refractivity contribution >= 4 is 0 Å². The van der Waals surface area contributed by atoms with Crippen molar-refractivity contribution in [1.29, 1.82) is 0 Å². The Morgan fingerprint density at radius 2 is 1.62 bits per heavy atom. The number of fused-ring (bicyclic) bond motifs is 1. The van der Waals surface area contributed by atoms with Gasteiger partial charge in [-0.3, -0.25) is 9.36 Å². The molecule has 2 heterocycles. The Morgan fingerprint density at radius 3 is 2.31 bits per heavy atom. The van der Waals surface area contributed by atoms with Gasteiger partial charge in [-0.05, 0) is 40.8 Å². The van der Waals surface area contributed by atoms with Crippen LogP contribution in [0.1, 0.15) is 12.5 Å². The summed E-state index contributed by atoms with van der Waals surface area (Å²) in [5, 5.41) is 0. The minimum atomic E-state index is -0.306. The van der Waals surface area contributed by atoms with E-state index in [0.717, 1.165) is 29.0 Å². The van der Waals surface area contributed by atoms with Crippen LogP contribution in [0.3, 0.4) is 0 Å². The molecule has 5 rings (SSSR count). The van der Waals surface area contributed by atoms with Gasteiger partial charge in [-0.1, -0.05) is 73.7 Å². The minimum Gasteiger partial charge on any atom is -0.490 e. The van der Waals surface area contributed by atoms with Crippen molar-refractivity contribution in [3.05, 3.63) is 101 Å². The maximum absolute atomic E-state index is 12.1. The second-order valence-electron chi connectivity index (χ2n) is 7.86. The SMILES string of the molecule is CCc1ccc(-c2ccc(OCC3Cn4c(-c5ccccc5)cc(=O)nc4O3)cc2)cc1. The smallest absolute Gasteiger partial charge is 0.300 e. The van der Waals surface area contributed by atoms with E-state index in [0.29, 0.717) is 19.2 Å². The van der Waals surface area contributed by atoms with E-state index in [1.54, 1.807) is 6.07 Å². The van der Waals surface area contributed by atoms with Crippen LogP contribution >= 0.6 is 0 Å². The first-order valence-corrected chi connectivity index (χ1v) is 10.9. The quantitative estimate of drug-likeness (QED) is 0.438. The van der Waals surface area contributed by atoms with Gasteiger partial charge in [-0.25, -0.2) is 0 Å². The van der Waals surface area contributed by atoms with Gasteiger partial charge in [0.25, 0.3) is 5.56 Å². The Hall–Kier alpha value is -3.86. The van der Waals surface area contributed by atoms with Crippen molar-refractivity contribution in [2.75, 3.05) is 6.61 Å². The molecule has 1 atom stereocenters. The molecule has 0 bridgehead atoms. The summed E-state index contributed by atoms with van der Waals surface area (Å²) in [5.74, 6) is 0.782. The molecule has 0 saturated carbocycles. The normalized spacial score (nSPS) is 14.6. The molecular weight excluding hydrogens is 400 g/mol. The van der Waals surface area contributed by atoms with Crippen LogP contribution in [0.4, 0.5) is 0 Å². The van der Waals surface area contributed by atoms with E-state index < -0.39 is 0 Å². The maximum atomic E-state index is 12.1. The Labute approximate surface area is 186 Å². The third kappa shape index (κ3) is 4.14.